The van der Waals surface area contributed by atoms with Crippen LogP contribution < -0.4 is 0 Å². The molecular formula is C4H5O3P. The number of carbonyl (C=O) groups excluding carboxylic acids is 1. The van der Waals surface area contributed by atoms with Crippen LogP contribution in [0.3, 0.4) is 0 Å². The van der Waals surface area contributed by atoms with Gasteiger partial charge in [-0.2, -0.15) is 0 Å². The summed E-state index contributed by atoms with van der Waals surface area (Å²) in [5.74, 6) is -0.332. The molecule has 1 aliphatic rings. The van der Waals surface area contributed by atoms with Gasteiger partial charge in [0.1, 0.15) is 5.66 Å². The van der Waals surface area contributed by atoms with Crippen molar-refractivity contribution in [3.63, 3.8) is 0 Å². The van der Waals surface area contributed by atoms with Crippen LogP contribution >= 0.6 is 8.46 Å². The Morgan fingerprint density at radius 3 is 2.75 bits per heavy atom. The molecule has 0 aromatic carbocycles. The normalized spacial score (nSPS) is 28.5. The van der Waals surface area contributed by atoms with Crippen LogP contribution in [0.15, 0.2) is 0 Å². The van der Waals surface area contributed by atoms with Gasteiger partial charge in [0.2, 0.25) is 0 Å². The SMILES string of the molecule is O=PC1CCOC1=O. The molecule has 0 amide bonds. The minimum atomic E-state index is -0.380. The lowest BCUT2D eigenvalue weighted by Gasteiger charge is -1.86. The van der Waals surface area contributed by atoms with Crippen molar-refractivity contribution in [2.45, 2.75) is 12.1 Å². The molecule has 1 atom stereocenters. The summed E-state index contributed by atoms with van der Waals surface area (Å²) in [5, 5.41) is 0. The molecule has 1 aliphatic heterocycles. The zero-order valence-corrected chi connectivity index (χ0v) is 5.06. The van der Waals surface area contributed by atoms with Gasteiger partial charge in [-0.05, 0) is 0 Å². The molecule has 0 bridgehead atoms. The topological polar surface area (TPSA) is 43.4 Å². The van der Waals surface area contributed by atoms with E-state index in [0.29, 0.717) is 13.0 Å². The third-order valence-electron chi connectivity index (χ3n) is 1.03. The van der Waals surface area contributed by atoms with Gasteiger partial charge in [0.15, 0.2) is 8.46 Å². The van der Waals surface area contributed by atoms with E-state index in [1.807, 2.05) is 0 Å². The fourth-order valence-corrected chi connectivity index (χ4v) is 0.952. The monoisotopic (exact) mass is 132 g/mol. The summed E-state index contributed by atoms with van der Waals surface area (Å²) in [6, 6.07) is 0. The van der Waals surface area contributed by atoms with Crippen molar-refractivity contribution in [1.29, 1.82) is 0 Å². The first-order chi connectivity index (χ1) is 3.84. The van der Waals surface area contributed by atoms with Crippen molar-refractivity contribution in [3.8, 4) is 0 Å². The first-order valence-electron chi connectivity index (χ1n) is 2.33. The molecule has 1 rings (SSSR count). The maximum Gasteiger partial charge on any atom is 0.320 e. The first kappa shape index (κ1) is 5.70. The highest BCUT2D eigenvalue weighted by molar-refractivity contribution is 7.26. The van der Waals surface area contributed by atoms with E-state index < -0.39 is 0 Å². The molecule has 0 aliphatic carbocycles. The van der Waals surface area contributed by atoms with E-state index in [-0.39, 0.29) is 20.1 Å². The Bertz CT molecular complexity index is 122. The Balaban J connectivity index is 2.54. The Morgan fingerprint density at radius 1 is 1.75 bits per heavy atom. The average molecular weight is 132 g/mol. The van der Waals surface area contributed by atoms with Gasteiger partial charge in [0.05, 0.1) is 6.61 Å². The summed E-state index contributed by atoms with van der Waals surface area (Å²) in [4.78, 5) is 10.4. The van der Waals surface area contributed by atoms with E-state index in [9.17, 15) is 9.36 Å². The predicted octanol–water partition coefficient (Wildman–Crippen LogP) is 0.594. The standard InChI is InChI=1S/C4H5O3P/c5-4-3(8-6)1-2-7-4/h3H,1-2H2. The van der Waals surface area contributed by atoms with Crippen LogP contribution in [0.5, 0.6) is 0 Å². The van der Waals surface area contributed by atoms with Crippen LogP contribution in [-0.2, 0) is 14.1 Å². The summed E-state index contributed by atoms with van der Waals surface area (Å²) in [6.07, 6.45) is 0.601. The second-order valence-corrected chi connectivity index (χ2v) is 2.41. The van der Waals surface area contributed by atoms with Crippen molar-refractivity contribution in [2.75, 3.05) is 6.61 Å². The molecule has 0 saturated carbocycles. The number of cyclic esters (lactones) is 1. The van der Waals surface area contributed by atoms with E-state index in [1.165, 1.54) is 0 Å². The summed E-state index contributed by atoms with van der Waals surface area (Å²) in [6.45, 7) is 0.429. The highest BCUT2D eigenvalue weighted by Gasteiger charge is 2.26. The van der Waals surface area contributed by atoms with E-state index in [4.69, 9.17) is 0 Å². The molecule has 1 saturated heterocycles. The lowest BCUT2D eigenvalue weighted by atomic mass is 10.4. The van der Waals surface area contributed by atoms with E-state index >= 15 is 0 Å². The van der Waals surface area contributed by atoms with Crippen molar-refractivity contribution < 1.29 is 14.1 Å². The van der Waals surface area contributed by atoms with Gasteiger partial charge >= 0.3 is 5.97 Å². The Kier molecular flexibility index (Phi) is 1.59. The van der Waals surface area contributed by atoms with Gasteiger partial charge in [-0.3, -0.25) is 9.36 Å². The summed E-state index contributed by atoms with van der Waals surface area (Å²) < 4.78 is 14.5. The molecule has 0 aromatic rings. The van der Waals surface area contributed by atoms with Gasteiger partial charge in [0.25, 0.3) is 0 Å². The maximum absolute atomic E-state index is 10.4. The van der Waals surface area contributed by atoms with Crippen molar-refractivity contribution in [2.24, 2.45) is 0 Å². The van der Waals surface area contributed by atoms with Gasteiger partial charge in [0, 0.05) is 6.42 Å². The molecule has 0 N–H and O–H groups in total. The van der Waals surface area contributed by atoms with Crippen LogP contribution in [0.25, 0.3) is 0 Å². The fourth-order valence-electron chi connectivity index (χ4n) is 0.581. The number of esters is 1. The lowest BCUT2D eigenvalue weighted by Crippen LogP contribution is -2.04. The van der Waals surface area contributed by atoms with E-state index in [0.717, 1.165) is 0 Å². The molecule has 1 heterocycles. The quantitative estimate of drug-likeness (QED) is 0.387. The number of rotatable bonds is 1. The first-order valence-corrected chi connectivity index (χ1v) is 3.22. The molecule has 0 radical (unpaired) electrons. The van der Waals surface area contributed by atoms with Crippen LogP contribution in [0.1, 0.15) is 6.42 Å². The smallest absolute Gasteiger partial charge is 0.320 e. The lowest BCUT2D eigenvalue weighted by molar-refractivity contribution is -0.137. The number of hydrogen-bond acceptors (Lipinski definition) is 3. The molecule has 1 fully saturated rings. The zero-order chi connectivity index (χ0) is 5.98. The highest BCUT2D eigenvalue weighted by atomic mass is 31.1. The number of carbonyl (C=O) groups is 1. The molecule has 3 nitrogen and oxygen atoms in total. The van der Waals surface area contributed by atoms with E-state index in [1.54, 1.807) is 0 Å². The third kappa shape index (κ3) is 0.869. The fraction of sp³-hybridized carbons (Fsp3) is 0.750. The minimum Gasteiger partial charge on any atom is -0.465 e. The van der Waals surface area contributed by atoms with Gasteiger partial charge in [-0.25, -0.2) is 0 Å². The Hall–Kier alpha value is -0.430. The minimum absolute atomic E-state index is 0.108. The van der Waals surface area contributed by atoms with Crippen LogP contribution in [0, 0.1) is 0 Å². The second kappa shape index (κ2) is 2.23. The highest BCUT2D eigenvalue weighted by Crippen LogP contribution is 2.18. The Morgan fingerprint density at radius 2 is 2.50 bits per heavy atom. The average Bonchev–Trinajstić information content (AvgIpc) is 2.14. The zero-order valence-electron chi connectivity index (χ0n) is 4.16. The molecule has 4 heteroatoms. The van der Waals surface area contributed by atoms with Crippen LogP contribution in [-0.4, -0.2) is 18.2 Å². The van der Waals surface area contributed by atoms with Gasteiger partial charge < -0.3 is 4.74 Å². The van der Waals surface area contributed by atoms with Crippen molar-refractivity contribution >= 4 is 14.4 Å². The predicted molar refractivity (Wildman–Crippen MR) is 27.0 cm³/mol. The maximum atomic E-state index is 10.4. The van der Waals surface area contributed by atoms with Gasteiger partial charge in [-0.15, -0.1) is 0 Å². The molecule has 8 heavy (non-hydrogen) atoms. The summed E-state index contributed by atoms with van der Waals surface area (Å²) in [7, 11) is -0.108. The molecule has 0 aromatic heterocycles. The number of ether oxygens (including phenoxy) is 1. The third-order valence-corrected chi connectivity index (χ3v) is 1.76. The van der Waals surface area contributed by atoms with Crippen molar-refractivity contribution in [1.82, 2.24) is 0 Å². The van der Waals surface area contributed by atoms with Crippen LogP contribution in [0.2, 0.25) is 0 Å². The van der Waals surface area contributed by atoms with E-state index in [2.05, 4.69) is 4.74 Å². The summed E-state index contributed by atoms with van der Waals surface area (Å²) >= 11 is 0. The molecular weight excluding hydrogens is 127 g/mol. The van der Waals surface area contributed by atoms with Crippen LogP contribution in [0.4, 0.5) is 0 Å². The molecule has 1 unspecified atom stereocenters. The second-order valence-electron chi connectivity index (χ2n) is 1.58. The molecule has 44 valence electrons. The van der Waals surface area contributed by atoms with Crippen molar-refractivity contribution in [3.05, 3.63) is 0 Å². The largest absolute Gasteiger partial charge is 0.465 e. The Labute approximate surface area is 48.2 Å². The molecule has 0 spiro atoms. The van der Waals surface area contributed by atoms with Gasteiger partial charge in [-0.1, -0.05) is 0 Å². The number of hydrogen-bond donors (Lipinski definition) is 0. The summed E-state index contributed by atoms with van der Waals surface area (Å²) in [5.41, 5.74) is -0.380.